The second-order valence-corrected chi connectivity index (χ2v) is 22.7. The SMILES string of the molecule is C1CCC([PH+](C2CCCCC2)C2CCCCC2)CC1.C[CH]=[Ru]([Cl])[Cl].Cc1ccccc1N1[CH-]N(c2ccccc2C)CC1. The maximum absolute atomic E-state index is 5.32. The molecule has 1 heterocycles. The molecular formula is C37H57Cl2N2PRu. The van der Waals surface area contributed by atoms with Crippen molar-refractivity contribution in [3.8, 4) is 0 Å². The zero-order chi connectivity index (χ0) is 30.4. The topological polar surface area (TPSA) is 6.48 Å². The van der Waals surface area contributed by atoms with Gasteiger partial charge in [0.05, 0.1) is 17.0 Å². The molecular weight excluding hydrogens is 675 g/mol. The van der Waals surface area contributed by atoms with E-state index in [9.17, 15) is 0 Å². The molecule has 4 fully saturated rings. The van der Waals surface area contributed by atoms with E-state index in [0.29, 0.717) is 0 Å². The summed E-state index contributed by atoms with van der Waals surface area (Å²) < 4.78 is 1.84. The Labute approximate surface area is 278 Å². The van der Waals surface area contributed by atoms with Gasteiger partial charge in [-0.2, -0.15) is 6.67 Å². The summed E-state index contributed by atoms with van der Waals surface area (Å²) in [5.41, 5.74) is 8.94. The van der Waals surface area contributed by atoms with Gasteiger partial charge in [-0.25, -0.2) is 0 Å². The van der Waals surface area contributed by atoms with E-state index in [1.54, 1.807) is 96.3 Å². The molecule has 0 bridgehead atoms. The first kappa shape index (κ1) is 35.4. The largest absolute Gasteiger partial charge is 0.502 e. The fourth-order valence-electron chi connectivity index (χ4n) is 7.94. The van der Waals surface area contributed by atoms with Crippen LogP contribution in [-0.4, -0.2) is 34.7 Å². The average Bonchev–Trinajstić information content (AvgIpc) is 3.54. The molecule has 242 valence electrons. The first-order valence-electron chi connectivity index (χ1n) is 17.1. The summed E-state index contributed by atoms with van der Waals surface area (Å²) in [6, 6.07) is 17.1. The van der Waals surface area contributed by atoms with Crippen LogP contribution in [0.3, 0.4) is 0 Å². The summed E-state index contributed by atoms with van der Waals surface area (Å²) in [5.74, 6) is 0. The standard InChI is InChI=1S/C18H33P.C17H19N2.C2H4.2ClH.Ru/c1-4-10-16(11-5-1)19(17-12-6-2-7-13-17)18-14-8-3-9-15-18;1-14-7-3-5-9-16(14)18-11-12-19(13-18)17-10-6-4-8-15(17)2;1-2;;;/h16-18H,1-15H2;3-10,13H,11-12H2,1-2H3;1H,2H3;2*1H;/q;-1;;;;+2/p-1. The van der Waals surface area contributed by atoms with Crippen molar-refractivity contribution in [3.63, 3.8) is 0 Å². The minimum absolute atomic E-state index is 0.0465. The van der Waals surface area contributed by atoms with Crippen molar-refractivity contribution < 1.29 is 13.5 Å². The number of halogens is 2. The number of aryl methyl sites for hydroxylation is 2. The van der Waals surface area contributed by atoms with Crippen LogP contribution in [0.5, 0.6) is 0 Å². The predicted molar refractivity (Wildman–Crippen MR) is 194 cm³/mol. The Kier molecular flexibility index (Phi) is 15.9. The van der Waals surface area contributed by atoms with Gasteiger partial charge >= 0.3 is 44.4 Å². The van der Waals surface area contributed by atoms with E-state index in [-0.39, 0.29) is 7.92 Å². The third kappa shape index (κ3) is 11.1. The van der Waals surface area contributed by atoms with Gasteiger partial charge in [0.2, 0.25) is 0 Å². The van der Waals surface area contributed by atoms with E-state index < -0.39 is 13.5 Å². The number of anilines is 2. The van der Waals surface area contributed by atoms with E-state index in [4.69, 9.17) is 19.4 Å². The van der Waals surface area contributed by atoms with Gasteiger partial charge in [0.15, 0.2) is 0 Å². The van der Waals surface area contributed by atoms with Crippen molar-refractivity contribution in [2.24, 2.45) is 0 Å². The summed E-state index contributed by atoms with van der Waals surface area (Å²) in [6.07, 6.45) is 23.8. The van der Waals surface area contributed by atoms with Crippen LogP contribution in [0, 0.1) is 20.5 Å². The maximum Gasteiger partial charge on any atom is 0.0116 e. The van der Waals surface area contributed by atoms with Gasteiger partial charge in [-0.3, -0.25) is 0 Å². The normalized spacial score (nSPS) is 20.7. The molecule has 2 aromatic carbocycles. The Hall–Kier alpha value is -0.457. The Morgan fingerprint density at radius 1 is 0.628 bits per heavy atom. The summed E-state index contributed by atoms with van der Waals surface area (Å²) >= 11 is -1.36. The Morgan fingerprint density at radius 2 is 0.953 bits per heavy atom. The van der Waals surface area contributed by atoms with Gasteiger partial charge in [0, 0.05) is 32.4 Å². The van der Waals surface area contributed by atoms with Gasteiger partial charge in [-0.05, 0) is 114 Å². The molecule has 0 atom stereocenters. The number of nitrogens with zero attached hydrogens (tertiary/aromatic N) is 2. The van der Waals surface area contributed by atoms with Crippen molar-refractivity contribution in [2.45, 2.75) is 134 Å². The second-order valence-electron chi connectivity index (χ2n) is 13.0. The second kappa shape index (κ2) is 19.3. The zero-order valence-corrected chi connectivity index (χ0v) is 31.3. The van der Waals surface area contributed by atoms with Crippen LogP contribution >= 0.6 is 27.3 Å². The molecule has 3 saturated carbocycles. The Morgan fingerprint density at radius 3 is 1.26 bits per heavy atom. The maximum atomic E-state index is 5.32. The summed E-state index contributed by atoms with van der Waals surface area (Å²) in [7, 11) is 10.6. The van der Waals surface area contributed by atoms with Crippen LogP contribution in [0.2, 0.25) is 0 Å². The minimum atomic E-state index is -1.36. The summed E-state index contributed by atoms with van der Waals surface area (Å²) in [4.78, 5) is 4.67. The van der Waals surface area contributed by atoms with Crippen LogP contribution < -0.4 is 9.80 Å². The van der Waals surface area contributed by atoms with Gasteiger partial charge < -0.3 is 9.80 Å². The smallest absolute Gasteiger partial charge is 0.0116 e. The third-order valence-corrected chi connectivity index (χ3v) is 17.2. The fourth-order valence-corrected chi connectivity index (χ4v) is 13.2. The first-order chi connectivity index (χ1) is 21.0. The van der Waals surface area contributed by atoms with E-state index >= 15 is 0 Å². The molecule has 6 rings (SSSR count). The first-order valence-corrected chi connectivity index (χ1v) is 24.3. The average molecular weight is 733 g/mol. The number of hydrogen-bond donors (Lipinski definition) is 0. The molecule has 4 aliphatic rings. The van der Waals surface area contributed by atoms with E-state index in [0.717, 1.165) is 13.1 Å². The third-order valence-electron chi connectivity index (χ3n) is 10.1. The van der Waals surface area contributed by atoms with Gasteiger partial charge in [0.25, 0.3) is 0 Å². The van der Waals surface area contributed by atoms with Crippen molar-refractivity contribution in [2.75, 3.05) is 22.9 Å². The van der Waals surface area contributed by atoms with Crippen LogP contribution in [0.4, 0.5) is 11.4 Å². The molecule has 0 unspecified atom stereocenters. The van der Waals surface area contributed by atoms with E-state index in [2.05, 4.69) is 78.8 Å². The summed E-state index contributed by atoms with van der Waals surface area (Å²) in [5, 5.41) is 0. The summed E-state index contributed by atoms with van der Waals surface area (Å²) in [6.45, 7) is 10.5. The molecule has 0 aromatic heterocycles. The quantitative estimate of drug-likeness (QED) is 0.172. The van der Waals surface area contributed by atoms with Crippen LogP contribution in [0.15, 0.2) is 48.5 Å². The number of hydrogen-bond acceptors (Lipinski definition) is 2. The minimum Gasteiger partial charge on any atom is -0.502 e. The zero-order valence-electron chi connectivity index (χ0n) is 27.0. The van der Waals surface area contributed by atoms with E-state index in [1.165, 1.54) is 39.5 Å². The predicted octanol–water partition coefficient (Wildman–Crippen LogP) is 11.7. The van der Waals surface area contributed by atoms with Gasteiger partial charge in [0.1, 0.15) is 0 Å². The number of rotatable bonds is 5. The van der Waals surface area contributed by atoms with Crippen LogP contribution in [-0.2, 0) is 13.5 Å². The fraction of sp³-hybridized carbons (Fsp3) is 0.622. The van der Waals surface area contributed by atoms with Crippen molar-refractivity contribution in [1.29, 1.82) is 0 Å². The van der Waals surface area contributed by atoms with Crippen LogP contribution in [0.1, 0.15) is 114 Å². The molecule has 3 aliphatic carbocycles. The molecule has 0 N–H and O–H groups in total. The van der Waals surface area contributed by atoms with Crippen molar-refractivity contribution in [1.82, 2.24) is 0 Å². The van der Waals surface area contributed by atoms with E-state index in [1.807, 2.05) is 11.5 Å². The number of benzene rings is 2. The number of para-hydroxylation sites is 2. The molecule has 6 heteroatoms. The molecule has 2 nitrogen and oxygen atoms in total. The van der Waals surface area contributed by atoms with Gasteiger partial charge in [-0.15, -0.1) is 0 Å². The Bertz CT molecular complexity index is 1010. The molecule has 0 amide bonds. The Balaban J connectivity index is 0.000000171. The van der Waals surface area contributed by atoms with Gasteiger partial charge in [-0.1, -0.05) is 55.7 Å². The molecule has 0 radical (unpaired) electrons. The van der Waals surface area contributed by atoms with Crippen LogP contribution in [0.25, 0.3) is 0 Å². The molecule has 0 spiro atoms. The molecule has 1 aliphatic heterocycles. The van der Waals surface area contributed by atoms with Crippen molar-refractivity contribution in [3.05, 3.63) is 66.3 Å². The molecule has 43 heavy (non-hydrogen) atoms. The molecule has 1 saturated heterocycles. The molecule has 2 aromatic rings. The monoisotopic (exact) mass is 732 g/mol. The van der Waals surface area contributed by atoms with Crippen molar-refractivity contribution >= 4 is 43.3 Å².